The Morgan fingerprint density at radius 2 is 1.92 bits per heavy atom. The lowest BCUT2D eigenvalue weighted by molar-refractivity contribution is -0.133. The van der Waals surface area contributed by atoms with Crippen molar-refractivity contribution in [1.29, 1.82) is 0 Å². The molecule has 0 unspecified atom stereocenters. The molecular weight excluding hydrogens is 400 g/mol. The van der Waals surface area contributed by atoms with Crippen LogP contribution in [0.4, 0.5) is 0 Å². The van der Waals surface area contributed by atoms with E-state index in [0.29, 0.717) is 18.8 Å². The molecule has 4 nitrogen and oxygen atoms in total. The van der Waals surface area contributed by atoms with Gasteiger partial charge in [0.05, 0.1) is 5.75 Å². The molecule has 0 spiro atoms. The summed E-state index contributed by atoms with van der Waals surface area (Å²) in [6, 6.07) is 4.23. The smallest absolute Gasteiger partial charge is 0.232 e. The normalized spacial score (nSPS) is 15.3. The molecule has 2 rings (SSSR count). The van der Waals surface area contributed by atoms with E-state index in [2.05, 4.69) is 47.2 Å². The summed E-state index contributed by atoms with van der Waals surface area (Å²) in [6.45, 7) is 8.28. The van der Waals surface area contributed by atoms with Gasteiger partial charge in [0.25, 0.3) is 0 Å². The highest BCUT2D eigenvalue weighted by atomic mass is 79.9. The molecule has 6 heteroatoms. The molecule has 1 N–H and O–H groups in total. The van der Waals surface area contributed by atoms with E-state index in [4.69, 9.17) is 0 Å². The second-order valence-corrected chi connectivity index (χ2v) is 8.47. The van der Waals surface area contributed by atoms with Crippen LogP contribution < -0.4 is 5.32 Å². The summed E-state index contributed by atoms with van der Waals surface area (Å²) < 4.78 is 1.10. The number of carbonyl (C=O) groups is 2. The molecule has 0 bridgehead atoms. The average Bonchev–Trinajstić information content (AvgIpc) is 2.61. The van der Waals surface area contributed by atoms with E-state index in [0.717, 1.165) is 35.2 Å². The summed E-state index contributed by atoms with van der Waals surface area (Å²) in [4.78, 5) is 27.6. The third-order valence-electron chi connectivity index (χ3n) is 4.58. The summed E-state index contributed by atoms with van der Waals surface area (Å²) in [5.74, 6) is 0.815. The molecular formula is C19H27BrN2O2S. The maximum Gasteiger partial charge on any atom is 0.232 e. The van der Waals surface area contributed by atoms with Gasteiger partial charge in [0.1, 0.15) is 0 Å². The van der Waals surface area contributed by atoms with Crippen molar-refractivity contribution in [2.24, 2.45) is 5.92 Å². The molecule has 1 aliphatic rings. The van der Waals surface area contributed by atoms with Crippen LogP contribution in [0.3, 0.4) is 0 Å². The van der Waals surface area contributed by atoms with E-state index >= 15 is 0 Å². The van der Waals surface area contributed by atoms with Crippen LogP contribution in [0.25, 0.3) is 0 Å². The molecule has 138 valence electrons. The SMILES string of the molecule is CCCNC(=O)C1CCN(C(=O)CSc2cc(C)c(Br)cc2C)CC1. The number of hydrogen-bond acceptors (Lipinski definition) is 3. The lowest BCUT2D eigenvalue weighted by Gasteiger charge is -2.31. The van der Waals surface area contributed by atoms with E-state index < -0.39 is 0 Å². The average molecular weight is 427 g/mol. The van der Waals surface area contributed by atoms with Crippen LogP contribution >= 0.6 is 27.7 Å². The van der Waals surface area contributed by atoms with Crippen molar-refractivity contribution in [1.82, 2.24) is 10.2 Å². The zero-order chi connectivity index (χ0) is 18.4. The van der Waals surface area contributed by atoms with Gasteiger partial charge in [-0.3, -0.25) is 9.59 Å². The molecule has 1 heterocycles. The number of rotatable bonds is 6. The Morgan fingerprint density at radius 3 is 2.56 bits per heavy atom. The molecule has 1 aliphatic heterocycles. The molecule has 25 heavy (non-hydrogen) atoms. The van der Waals surface area contributed by atoms with Gasteiger partial charge < -0.3 is 10.2 Å². The number of halogens is 1. The first-order valence-electron chi connectivity index (χ1n) is 8.87. The van der Waals surface area contributed by atoms with Crippen LogP contribution in [-0.4, -0.2) is 42.1 Å². The fourth-order valence-electron chi connectivity index (χ4n) is 2.92. The maximum absolute atomic E-state index is 12.5. The summed E-state index contributed by atoms with van der Waals surface area (Å²) in [5, 5.41) is 2.96. The summed E-state index contributed by atoms with van der Waals surface area (Å²) in [6.07, 6.45) is 2.49. The molecule has 1 aromatic rings. The van der Waals surface area contributed by atoms with E-state index in [-0.39, 0.29) is 17.7 Å². The fourth-order valence-corrected chi connectivity index (χ4v) is 4.39. The Hall–Kier alpha value is -1.01. The molecule has 0 radical (unpaired) electrons. The van der Waals surface area contributed by atoms with Crippen molar-refractivity contribution in [3.05, 3.63) is 27.7 Å². The number of aryl methyl sites for hydroxylation is 2. The standard InChI is InChI=1S/C19H27BrN2O2S/c1-4-7-21-19(24)15-5-8-22(9-6-15)18(23)12-25-17-11-13(2)16(20)10-14(17)3/h10-11,15H,4-9,12H2,1-3H3,(H,21,24). The van der Waals surface area contributed by atoms with Gasteiger partial charge in [0, 0.05) is 34.9 Å². The number of benzene rings is 1. The van der Waals surface area contributed by atoms with Gasteiger partial charge in [0.15, 0.2) is 0 Å². The van der Waals surface area contributed by atoms with Crippen molar-refractivity contribution >= 4 is 39.5 Å². The van der Waals surface area contributed by atoms with Crippen LogP contribution in [0.5, 0.6) is 0 Å². The maximum atomic E-state index is 12.5. The summed E-state index contributed by atoms with van der Waals surface area (Å²) in [5.41, 5.74) is 2.36. The Bertz CT molecular complexity index is 628. The fraction of sp³-hybridized carbons (Fsp3) is 0.579. The molecule has 2 amide bonds. The topological polar surface area (TPSA) is 49.4 Å². The minimum absolute atomic E-state index is 0.0552. The van der Waals surface area contributed by atoms with E-state index in [1.165, 1.54) is 11.1 Å². The predicted molar refractivity (Wildman–Crippen MR) is 107 cm³/mol. The first-order chi connectivity index (χ1) is 11.9. The Balaban J connectivity index is 1.81. The number of hydrogen-bond donors (Lipinski definition) is 1. The highest BCUT2D eigenvalue weighted by Gasteiger charge is 2.27. The Labute approximate surface area is 163 Å². The van der Waals surface area contributed by atoms with Crippen molar-refractivity contribution in [3.63, 3.8) is 0 Å². The van der Waals surface area contributed by atoms with Gasteiger partial charge in [0.2, 0.25) is 11.8 Å². The Morgan fingerprint density at radius 1 is 1.24 bits per heavy atom. The zero-order valence-electron chi connectivity index (χ0n) is 15.2. The van der Waals surface area contributed by atoms with Crippen LogP contribution in [0, 0.1) is 19.8 Å². The third kappa shape index (κ3) is 5.74. The predicted octanol–water partition coefficient (Wildman–Crippen LogP) is 3.92. The summed E-state index contributed by atoms with van der Waals surface area (Å²) >= 11 is 5.14. The van der Waals surface area contributed by atoms with E-state index in [1.807, 2.05) is 11.8 Å². The number of nitrogens with one attached hydrogen (secondary N) is 1. The number of amides is 2. The number of nitrogens with zero attached hydrogens (tertiary/aromatic N) is 1. The highest BCUT2D eigenvalue weighted by Crippen LogP contribution is 2.29. The molecule has 1 aromatic carbocycles. The second kappa shape index (κ2) is 9.62. The van der Waals surface area contributed by atoms with Gasteiger partial charge in [-0.25, -0.2) is 0 Å². The molecule has 1 saturated heterocycles. The zero-order valence-corrected chi connectivity index (χ0v) is 17.6. The van der Waals surface area contributed by atoms with Crippen molar-refractivity contribution < 1.29 is 9.59 Å². The molecule has 1 fully saturated rings. The van der Waals surface area contributed by atoms with Gasteiger partial charge in [-0.1, -0.05) is 22.9 Å². The molecule has 0 saturated carbocycles. The lowest BCUT2D eigenvalue weighted by Crippen LogP contribution is -2.43. The van der Waals surface area contributed by atoms with Crippen molar-refractivity contribution in [2.75, 3.05) is 25.4 Å². The molecule has 0 atom stereocenters. The number of piperidine rings is 1. The van der Waals surface area contributed by atoms with Crippen LogP contribution in [0.2, 0.25) is 0 Å². The largest absolute Gasteiger partial charge is 0.356 e. The van der Waals surface area contributed by atoms with Gasteiger partial charge in [-0.15, -0.1) is 11.8 Å². The van der Waals surface area contributed by atoms with E-state index in [9.17, 15) is 9.59 Å². The Kier molecular flexibility index (Phi) is 7.81. The quantitative estimate of drug-likeness (QED) is 0.701. The van der Waals surface area contributed by atoms with Crippen molar-refractivity contribution in [2.45, 2.75) is 44.9 Å². The van der Waals surface area contributed by atoms with Gasteiger partial charge in [-0.05, 0) is 56.4 Å². The monoisotopic (exact) mass is 426 g/mol. The van der Waals surface area contributed by atoms with Crippen molar-refractivity contribution in [3.8, 4) is 0 Å². The number of thioether (sulfide) groups is 1. The second-order valence-electron chi connectivity index (χ2n) is 6.60. The third-order valence-corrected chi connectivity index (χ3v) is 6.57. The molecule has 0 aromatic heterocycles. The van der Waals surface area contributed by atoms with Gasteiger partial charge in [-0.2, -0.15) is 0 Å². The van der Waals surface area contributed by atoms with Crippen LogP contribution in [0.1, 0.15) is 37.3 Å². The van der Waals surface area contributed by atoms with E-state index in [1.54, 1.807) is 11.8 Å². The van der Waals surface area contributed by atoms with Crippen LogP contribution in [-0.2, 0) is 9.59 Å². The van der Waals surface area contributed by atoms with Crippen LogP contribution in [0.15, 0.2) is 21.5 Å². The first-order valence-corrected chi connectivity index (χ1v) is 10.6. The van der Waals surface area contributed by atoms with Gasteiger partial charge >= 0.3 is 0 Å². The number of likely N-dealkylation sites (tertiary alicyclic amines) is 1. The minimum Gasteiger partial charge on any atom is -0.356 e. The molecule has 0 aliphatic carbocycles. The minimum atomic E-state index is 0.0552. The lowest BCUT2D eigenvalue weighted by atomic mass is 9.96. The summed E-state index contributed by atoms with van der Waals surface area (Å²) in [7, 11) is 0. The highest BCUT2D eigenvalue weighted by molar-refractivity contribution is 9.10. The first kappa shape index (κ1) is 20.3. The number of carbonyl (C=O) groups excluding carboxylic acids is 2.